The Kier molecular flexibility index (Phi) is 6.97. The smallest absolute Gasteiger partial charge is 0.236 e. The van der Waals surface area contributed by atoms with Crippen molar-refractivity contribution in [1.82, 2.24) is 9.80 Å². The fourth-order valence-corrected chi connectivity index (χ4v) is 3.07. The molecule has 2 aromatic heterocycles. The Morgan fingerprint density at radius 1 is 0.897 bits per heavy atom. The van der Waals surface area contributed by atoms with Crippen LogP contribution >= 0.6 is 0 Å². The largest absolute Gasteiger partial charge is 0.493 e. The van der Waals surface area contributed by atoms with Gasteiger partial charge < -0.3 is 23.2 Å². The molecule has 1 amide bonds. The van der Waals surface area contributed by atoms with Gasteiger partial charge in [0.1, 0.15) is 11.5 Å². The summed E-state index contributed by atoms with van der Waals surface area (Å²) in [6, 6.07) is 13.1. The van der Waals surface area contributed by atoms with Gasteiger partial charge in [-0.05, 0) is 42.0 Å². The van der Waals surface area contributed by atoms with Crippen molar-refractivity contribution in [2.45, 2.75) is 19.6 Å². The van der Waals surface area contributed by atoms with Crippen LogP contribution in [0, 0.1) is 0 Å². The first-order valence-corrected chi connectivity index (χ1v) is 9.31. The number of ether oxygens (including phenoxy) is 2. The van der Waals surface area contributed by atoms with Crippen LogP contribution in [0.1, 0.15) is 17.1 Å². The molecule has 3 rings (SSSR count). The molecule has 0 spiro atoms. The number of hydrogen-bond acceptors (Lipinski definition) is 6. The molecule has 0 bridgehead atoms. The molecule has 0 aliphatic rings. The average Bonchev–Trinajstić information content (AvgIpc) is 3.42. The molecule has 1 aromatic carbocycles. The van der Waals surface area contributed by atoms with Gasteiger partial charge in [-0.3, -0.25) is 9.69 Å². The lowest BCUT2D eigenvalue weighted by atomic mass is 10.2. The molecule has 29 heavy (non-hydrogen) atoms. The SMILES string of the molecule is COc1ccc(CN(C)C(=O)CN(Cc2ccco2)Cc2ccco2)cc1OC. The number of hydrogen-bond donors (Lipinski definition) is 0. The molecule has 0 aliphatic carbocycles. The summed E-state index contributed by atoms with van der Waals surface area (Å²) in [5.74, 6) is 2.90. The number of methoxy groups -OCH3 is 2. The van der Waals surface area contributed by atoms with Crippen LogP contribution in [0.25, 0.3) is 0 Å². The maximum atomic E-state index is 12.9. The quantitative estimate of drug-likeness (QED) is 0.520. The summed E-state index contributed by atoms with van der Waals surface area (Å²) >= 11 is 0. The Bertz CT molecular complexity index is 854. The van der Waals surface area contributed by atoms with E-state index in [2.05, 4.69) is 0 Å². The van der Waals surface area contributed by atoms with E-state index in [9.17, 15) is 4.79 Å². The highest BCUT2D eigenvalue weighted by molar-refractivity contribution is 5.78. The molecule has 3 aromatic rings. The maximum Gasteiger partial charge on any atom is 0.236 e. The summed E-state index contributed by atoms with van der Waals surface area (Å²) < 4.78 is 21.5. The van der Waals surface area contributed by atoms with Crippen LogP contribution in [0.3, 0.4) is 0 Å². The third-order valence-electron chi connectivity index (χ3n) is 4.57. The molecule has 0 aliphatic heterocycles. The first-order valence-electron chi connectivity index (χ1n) is 9.31. The van der Waals surface area contributed by atoms with Crippen molar-refractivity contribution in [2.75, 3.05) is 27.8 Å². The molecule has 0 atom stereocenters. The van der Waals surface area contributed by atoms with Crippen molar-refractivity contribution < 1.29 is 23.1 Å². The van der Waals surface area contributed by atoms with Gasteiger partial charge in [-0.1, -0.05) is 6.07 Å². The van der Waals surface area contributed by atoms with Gasteiger partial charge in [0.25, 0.3) is 0 Å². The fourth-order valence-electron chi connectivity index (χ4n) is 3.07. The second-order valence-corrected chi connectivity index (χ2v) is 6.74. The van der Waals surface area contributed by atoms with E-state index in [4.69, 9.17) is 18.3 Å². The molecule has 0 saturated carbocycles. The topological polar surface area (TPSA) is 68.3 Å². The number of furan rings is 2. The number of benzene rings is 1. The third kappa shape index (κ3) is 5.65. The van der Waals surface area contributed by atoms with Gasteiger partial charge in [0.15, 0.2) is 11.5 Å². The summed E-state index contributed by atoms with van der Waals surface area (Å²) in [6.07, 6.45) is 3.26. The van der Waals surface area contributed by atoms with E-state index in [0.29, 0.717) is 31.1 Å². The van der Waals surface area contributed by atoms with E-state index in [0.717, 1.165) is 17.1 Å². The van der Waals surface area contributed by atoms with Crippen LogP contribution in [0.5, 0.6) is 11.5 Å². The molecule has 0 radical (unpaired) electrons. The van der Waals surface area contributed by atoms with Crippen LogP contribution in [0.4, 0.5) is 0 Å². The molecule has 0 N–H and O–H groups in total. The number of rotatable bonds is 10. The minimum absolute atomic E-state index is 0.00195. The lowest BCUT2D eigenvalue weighted by Crippen LogP contribution is -2.37. The zero-order chi connectivity index (χ0) is 20.6. The molecule has 2 heterocycles. The van der Waals surface area contributed by atoms with E-state index in [1.165, 1.54) is 0 Å². The van der Waals surface area contributed by atoms with Crippen molar-refractivity contribution in [3.05, 3.63) is 72.1 Å². The zero-order valence-corrected chi connectivity index (χ0v) is 17.0. The van der Waals surface area contributed by atoms with E-state index >= 15 is 0 Å². The molecule has 0 saturated heterocycles. The van der Waals surface area contributed by atoms with Gasteiger partial charge in [-0.25, -0.2) is 0 Å². The lowest BCUT2D eigenvalue weighted by Gasteiger charge is -2.24. The van der Waals surface area contributed by atoms with Crippen molar-refractivity contribution in [3.63, 3.8) is 0 Å². The minimum Gasteiger partial charge on any atom is -0.493 e. The molecule has 7 nitrogen and oxygen atoms in total. The normalized spacial score (nSPS) is 10.9. The second-order valence-electron chi connectivity index (χ2n) is 6.74. The molecule has 0 unspecified atom stereocenters. The van der Waals surface area contributed by atoms with Crippen LogP contribution in [-0.2, 0) is 24.4 Å². The molecular weight excluding hydrogens is 372 g/mol. The monoisotopic (exact) mass is 398 g/mol. The number of carbonyl (C=O) groups is 1. The van der Waals surface area contributed by atoms with Gasteiger partial charge in [-0.2, -0.15) is 0 Å². The predicted octanol–water partition coefficient (Wildman–Crippen LogP) is 3.55. The van der Waals surface area contributed by atoms with Gasteiger partial charge in [0.05, 0.1) is 46.4 Å². The Balaban J connectivity index is 1.64. The molecule has 7 heteroatoms. The Labute approximate surface area is 170 Å². The Morgan fingerprint density at radius 3 is 2.03 bits per heavy atom. The van der Waals surface area contributed by atoms with E-state index in [1.807, 2.05) is 47.4 Å². The van der Waals surface area contributed by atoms with Crippen LogP contribution in [0.15, 0.2) is 63.8 Å². The highest BCUT2D eigenvalue weighted by atomic mass is 16.5. The minimum atomic E-state index is -0.00195. The van der Waals surface area contributed by atoms with E-state index in [1.54, 1.807) is 38.7 Å². The summed E-state index contributed by atoms with van der Waals surface area (Å²) in [5.41, 5.74) is 0.960. The van der Waals surface area contributed by atoms with Gasteiger partial charge in [0.2, 0.25) is 5.91 Å². The van der Waals surface area contributed by atoms with Crippen molar-refractivity contribution in [2.24, 2.45) is 0 Å². The van der Waals surface area contributed by atoms with Crippen molar-refractivity contribution >= 4 is 5.91 Å². The highest BCUT2D eigenvalue weighted by Gasteiger charge is 2.18. The summed E-state index contributed by atoms with van der Waals surface area (Å²) in [7, 11) is 4.98. The molecular formula is C22H26N2O5. The number of amides is 1. The van der Waals surface area contributed by atoms with E-state index < -0.39 is 0 Å². The lowest BCUT2D eigenvalue weighted by molar-refractivity contribution is -0.132. The van der Waals surface area contributed by atoms with Gasteiger partial charge in [0, 0.05) is 13.6 Å². The number of carbonyl (C=O) groups excluding carboxylic acids is 1. The Morgan fingerprint density at radius 2 is 1.52 bits per heavy atom. The average molecular weight is 398 g/mol. The second kappa shape index (κ2) is 9.84. The highest BCUT2D eigenvalue weighted by Crippen LogP contribution is 2.28. The summed E-state index contributed by atoms with van der Waals surface area (Å²) in [5, 5.41) is 0. The van der Waals surface area contributed by atoms with Gasteiger partial charge >= 0.3 is 0 Å². The van der Waals surface area contributed by atoms with Crippen LogP contribution < -0.4 is 9.47 Å². The fraction of sp³-hybridized carbons (Fsp3) is 0.318. The van der Waals surface area contributed by atoms with E-state index in [-0.39, 0.29) is 12.5 Å². The maximum absolute atomic E-state index is 12.9. The van der Waals surface area contributed by atoms with Crippen LogP contribution in [-0.4, -0.2) is 43.5 Å². The number of likely N-dealkylation sites (N-methyl/N-ethyl adjacent to an activating group) is 1. The third-order valence-corrected chi connectivity index (χ3v) is 4.57. The molecule has 0 fully saturated rings. The van der Waals surface area contributed by atoms with Gasteiger partial charge in [-0.15, -0.1) is 0 Å². The zero-order valence-electron chi connectivity index (χ0n) is 17.0. The standard InChI is InChI=1S/C22H26N2O5/c1-23(13-17-8-9-20(26-2)21(12-17)27-3)22(25)16-24(14-18-6-4-10-28-18)15-19-7-5-11-29-19/h4-12H,13-16H2,1-3H3. The summed E-state index contributed by atoms with van der Waals surface area (Å²) in [6.45, 7) is 1.74. The molecule has 154 valence electrons. The van der Waals surface area contributed by atoms with Crippen molar-refractivity contribution in [1.29, 1.82) is 0 Å². The predicted molar refractivity (Wildman–Crippen MR) is 108 cm³/mol. The van der Waals surface area contributed by atoms with Crippen molar-refractivity contribution in [3.8, 4) is 11.5 Å². The Hall–Kier alpha value is -3.19. The first kappa shape index (κ1) is 20.5. The first-order chi connectivity index (χ1) is 14.1. The number of nitrogens with zero attached hydrogens (tertiary/aromatic N) is 2. The van der Waals surface area contributed by atoms with Crippen LogP contribution in [0.2, 0.25) is 0 Å². The summed E-state index contributed by atoms with van der Waals surface area (Å²) in [4.78, 5) is 16.5.